The van der Waals surface area contributed by atoms with E-state index in [4.69, 9.17) is 4.52 Å². The first-order chi connectivity index (χ1) is 16.3. The molecule has 204 valence electrons. The Hall–Kier alpha value is -0.150. The molecule has 0 spiro atoms. The Morgan fingerprint density at radius 3 is 1.44 bits per heavy atom. The van der Waals surface area contributed by atoms with Crippen molar-refractivity contribution in [1.29, 1.82) is 0 Å². The minimum atomic E-state index is -3.55. The molecule has 4 nitrogen and oxygen atoms in total. The molecule has 0 bridgehead atoms. The van der Waals surface area contributed by atoms with Crippen molar-refractivity contribution >= 4 is 7.60 Å². The number of hydrogen-bond donors (Lipinski definition) is 1. The zero-order valence-electron chi connectivity index (χ0n) is 23.7. The van der Waals surface area contributed by atoms with Crippen molar-refractivity contribution in [3.63, 3.8) is 0 Å². The number of hydrogen-bond acceptors (Lipinski definition) is 2. The van der Waals surface area contributed by atoms with E-state index < -0.39 is 7.60 Å². The van der Waals surface area contributed by atoms with Gasteiger partial charge in [-0.2, -0.15) is 0 Å². The largest absolute Gasteiger partial charge is 0.385 e. The molecule has 0 aromatic rings. The molecule has 0 heterocycles. The van der Waals surface area contributed by atoms with Gasteiger partial charge in [-0.3, -0.25) is 4.57 Å². The van der Waals surface area contributed by atoms with Crippen LogP contribution in [0.25, 0.3) is 0 Å². The van der Waals surface area contributed by atoms with Crippen LogP contribution in [0.3, 0.4) is 0 Å². The molecule has 0 aliphatic rings. The summed E-state index contributed by atoms with van der Waals surface area (Å²) in [7, 11) is 2.31. The minimum Gasteiger partial charge on any atom is -0.320 e. The molecule has 34 heavy (non-hydrogen) atoms. The monoisotopic (exact) mass is 502 g/mol. The summed E-state index contributed by atoms with van der Waals surface area (Å²) in [5, 5.41) is 0. The fourth-order valence-electron chi connectivity index (χ4n) is 4.73. The molecule has 2 atom stereocenters. The summed E-state index contributed by atoms with van der Waals surface area (Å²) in [6.07, 6.45) is 30.3. The van der Waals surface area contributed by atoms with E-state index >= 15 is 0 Å². The lowest BCUT2D eigenvalue weighted by molar-refractivity contribution is -0.883. The van der Waals surface area contributed by atoms with Crippen molar-refractivity contribution in [1.82, 2.24) is 0 Å². The lowest BCUT2D eigenvalue weighted by Gasteiger charge is -2.35. The highest BCUT2D eigenvalue weighted by Gasteiger charge is 2.41. The van der Waals surface area contributed by atoms with E-state index in [1.807, 2.05) is 28.1 Å². The quantitative estimate of drug-likeness (QED) is 0.0585. The van der Waals surface area contributed by atoms with Gasteiger partial charge in [0.15, 0.2) is 5.78 Å². The summed E-state index contributed by atoms with van der Waals surface area (Å²) in [5.74, 6) is -0.348. The summed E-state index contributed by atoms with van der Waals surface area (Å²) < 4.78 is 18.4. The van der Waals surface area contributed by atoms with Crippen molar-refractivity contribution in [2.75, 3.05) is 27.7 Å². The molecule has 0 aromatic heterocycles. The van der Waals surface area contributed by atoms with Gasteiger partial charge in [-0.25, -0.2) is 0 Å². The Morgan fingerprint density at radius 1 is 0.676 bits per heavy atom. The molecule has 0 fully saturated rings. The van der Waals surface area contributed by atoms with E-state index in [0.717, 1.165) is 12.8 Å². The Bertz CT molecular complexity index is 516. The highest BCUT2D eigenvalue weighted by atomic mass is 31.2. The first kappa shape index (κ1) is 33.8. The highest BCUT2D eigenvalue weighted by Crippen LogP contribution is 2.51. The molecule has 0 aromatic carbocycles. The maximum Gasteiger partial charge on any atom is 0.385 e. The molecule has 0 amide bonds. The number of allylic oxidation sites excluding steroid dienone is 2. The maximum absolute atomic E-state index is 12.5. The van der Waals surface area contributed by atoms with Crippen LogP contribution in [0, 0.1) is 0 Å². The number of rotatable bonds is 25. The Kier molecular flexibility index (Phi) is 22.0. The number of quaternary nitrogens is 1. The van der Waals surface area contributed by atoms with Crippen LogP contribution in [0.5, 0.6) is 0 Å². The minimum absolute atomic E-state index is 0.348. The lowest BCUT2D eigenvalue weighted by Crippen LogP contribution is -2.44. The van der Waals surface area contributed by atoms with E-state index in [1.165, 1.54) is 109 Å². The van der Waals surface area contributed by atoms with Crippen LogP contribution in [0.1, 0.15) is 142 Å². The fraction of sp³-hybridized carbons (Fsp3) is 0.931. The number of unbranched alkanes of at least 4 members (excludes halogenated alkanes) is 17. The second kappa shape index (κ2) is 22.1. The second-order valence-electron chi connectivity index (χ2n) is 11.1. The van der Waals surface area contributed by atoms with Gasteiger partial charge < -0.3 is 13.9 Å². The third-order valence-electron chi connectivity index (χ3n) is 6.82. The molecule has 0 aliphatic heterocycles. The molecule has 1 N–H and O–H groups in total. The Balaban J connectivity index is 3.39. The molecule has 0 aliphatic carbocycles. The molecule has 0 rings (SSSR count). The Morgan fingerprint density at radius 2 is 1.06 bits per heavy atom. The summed E-state index contributed by atoms with van der Waals surface area (Å²) in [6.45, 7) is 4.63. The van der Waals surface area contributed by atoms with Gasteiger partial charge in [0, 0.05) is 6.42 Å². The zero-order valence-corrected chi connectivity index (χ0v) is 24.6. The van der Waals surface area contributed by atoms with Crippen molar-refractivity contribution < 1.29 is 18.5 Å². The molecule has 0 saturated heterocycles. The summed E-state index contributed by atoms with van der Waals surface area (Å²) in [5.41, 5.74) is 0. The van der Waals surface area contributed by atoms with Gasteiger partial charge in [-0.15, -0.1) is 0 Å². The molecule has 0 radical (unpaired) electrons. The summed E-state index contributed by atoms with van der Waals surface area (Å²) >= 11 is 0. The van der Waals surface area contributed by atoms with Crippen LogP contribution in [0.2, 0.25) is 0 Å². The van der Waals surface area contributed by atoms with Crippen molar-refractivity contribution in [2.45, 2.75) is 148 Å². The summed E-state index contributed by atoms with van der Waals surface area (Å²) in [4.78, 5) is 10.3. The standard InChI is InChI=1S/C29H60NO3P/c1-6-8-9-10-11-12-13-14-15-16-17-18-19-20-21-22-23-24-25-26-27-28-33-34(31,32)29(7-2)30(3,4)5/h13-14,29H,6-12,15-28H2,1-5H3/p+1/b14-13-. The molecular weight excluding hydrogens is 441 g/mol. The molecular formula is C29H61NO3P+. The van der Waals surface area contributed by atoms with Gasteiger partial charge in [0.25, 0.3) is 0 Å². The smallest absolute Gasteiger partial charge is 0.320 e. The SMILES string of the molecule is CCCCCCC/C=C\CCCCCCCCCCCCCCOP(=O)(O)C(CC)[N+](C)(C)C. The third-order valence-corrected chi connectivity index (χ3v) is 9.18. The van der Waals surface area contributed by atoms with Crippen LogP contribution in [-0.2, 0) is 9.09 Å². The second-order valence-corrected chi connectivity index (χ2v) is 13.1. The maximum atomic E-state index is 12.5. The predicted molar refractivity (Wildman–Crippen MR) is 150 cm³/mol. The number of nitrogens with zero attached hydrogens (tertiary/aromatic N) is 1. The van der Waals surface area contributed by atoms with Gasteiger partial charge >= 0.3 is 7.60 Å². The summed E-state index contributed by atoms with van der Waals surface area (Å²) in [6, 6.07) is 0. The van der Waals surface area contributed by atoms with Gasteiger partial charge in [-0.05, 0) is 32.1 Å². The normalized spacial score (nSPS) is 15.1. The van der Waals surface area contributed by atoms with Gasteiger partial charge in [0.1, 0.15) is 0 Å². The van der Waals surface area contributed by atoms with Crippen molar-refractivity contribution in [3.8, 4) is 0 Å². The van der Waals surface area contributed by atoms with Crippen LogP contribution in [0.4, 0.5) is 0 Å². The first-order valence-electron chi connectivity index (χ1n) is 14.7. The van der Waals surface area contributed by atoms with Crippen LogP contribution >= 0.6 is 7.60 Å². The lowest BCUT2D eigenvalue weighted by atomic mass is 10.0. The van der Waals surface area contributed by atoms with E-state index in [2.05, 4.69) is 19.1 Å². The van der Waals surface area contributed by atoms with Crippen molar-refractivity contribution in [2.24, 2.45) is 0 Å². The van der Waals surface area contributed by atoms with E-state index in [1.54, 1.807) is 0 Å². The van der Waals surface area contributed by atoms with Gasteiger partial charge in [0.2, 0.25) is 0 Å². The van der Waals surface area contributed by atoms with E-state index in [9.17, 15) is 9.46 Å². The topological polar surface area (TPSA) is 46.5 Å². The first-order valence-corrected chi connectivity index (χ1v) is 16.3. The van der Waals surface area contributed by atoms with Crippen LogP contribution < -0.4 is 0 Å². The van der Waals surface area contributed by atoms with Gasteiger partial charge in [0.05, 0.1) is 27.7 Å². The Labute approximate surface area is 214 Å². The van der Waals surface area contributed by atoms with Gasteiger partial charge in [-0.1, -0.05) is 116 Å². The van der Waals surface area contributed by atoms with Crippen LogP contribution in [0.15, 0.2) is 12.2 Å². The van der Waals surface area contributed by atoms with E-state index in [0.29, 0.717) is 17.5 Å². The van der Waals surface area contributed by atoms with Crippen LogP contribution in [-0.4, -0.2) is 42.9 Å². The average Bonchev–Trinajstić information content (AvgIpc) is 2.76. The molecule has 5 heteroatoms. The zero-order chi connectivity index (χ0) is 25.5. The molecule has 0 saturated carbocycles. The van der Waals surface area contributed by atoms with E-state index in [-0.39, 0.29) is 5.78 Å². The third kappa shape index (κ3) is 20.1. The molecule has 2 unspecified atom stereocenters. The predicted octanol–water partition coefficient (Wildman–Crippen LogP) is 9.62. The van der Waals surface area contributed by atoms with Crippen molar-refractivity contribution in [3.05, 3.63) is 12.2 Å². The fourth-order valence-corrected chi connectivity index (χ4v) is 6.63. The highest BCUT2D eigenvalue weighted by molar-refractivity contribution is 7.53. The average molecular weight is 503 g/mol.